The fraction of sp³-hybridized carbons (Fsp3) is 0.0968. The van der Waals surface area contributed by atoms with Gasteiger partial charge in [-0.15, -0.1) is 0 Å². The number of aromatic nitrogens is 2. The molecule has 0 saturated carbocycles. The number of aryl methyl sites for hydroxylation is 1. The van der Waals surface area contributed by atoms with Gasteiger partial charge in [0.05, 0.1) is 33.8 Å². The molecule has 5 rings (SSSR count). The third-order valence-corrected chi connectivity index (χ3v) is 7.56. The molecule has 5 aromatic rings. The Kier molecular flexibility index (Phi) is 7.93. The van der Waals surface area contributed by atoms with Crippen LogP contribution in [-0.2, 0) is 19.8 Å². The minimum Gasteiger partial charge on any atom is -0.478 e. The van der Waals surface area contributed by atoms with Gasteiger partial charge in [0, 0.05) is 23.9 Å². The zero-order valence-corrected chi connectivity index (χ0v) is 23.1. The second-order valence-electron chi connectivity index (χ2n) is 9.50. The largest absolute Gasteiger partial charge is 0.478 e. The molecule has 0 unspecified atom stereocenters. The summed E-state index contributed by atoms with van der Waals surface area (Å²) in [4.78, 5) is 25.3. The third kappa shape index (κ3) is 6.37. The van der Waals surface area contributed by atoms with Crippen LogP contribution >= 0.6 is 11.8 Å². The summed E-state index contributed by atoms with van der Waals surface area (Å²) in [6, 6.07) is 19.5. The Balaban J connectivity index is 1.57. The number of carboxylic acids is 1. The van der Waals surface area contributed by atoms with Gasteiger partial charge in [0.15, 0.2) is 0 Å². The lowest BCUT2D eigenvalue weighted by Crippen LogP contribution is -2.23. The van der Waals surface area contributed by atoms with Crippen LogP contribution in [-0.4, -0.2) is 26.8 Å². The van der Waals surface area contributed by atoms with Gasteiger partial charge >= 0.3 is 12.1 Å². The summed E-state index contributed by atoms with van der Waals surface area (Å²) in [7, 11) is 1.64. The Hall–Kier alpha value is -5.15. The van der Waals surface area contributed by atoms with Crippen molar-refractivity contribution in [2.75, 3.05) is 0 Å². The Morgan fingerprint density at radius 3 is 2.30 bits per heavy atom. The van der Waals surface area contributed by atoms with E-state index in [1.165, 1.54) is 41.1 Å². The molecular formula is C31H20F4N4O3S. The van der Waals surface area contributed by atoms with Crippen molar-refractivity contribution in [2.24, 2.45) is 7.05 Å². The number of hydrogen-bond acceptors (Lipinski definition) is 5. The molecule has 7 nitrogen and oxygen atoms in total. The van der Waals surface area contributed by atoms with Crippen LogP contribution in [0, 0.1) is 17.1 Å². The van der Waals surface area contributed by atoms with Gasteiger partial charge < -0.3 is 10.4 Å². The average Bonchev–Trinajstić information content (AvgIpc) is 3.29. The molecule has 0 fully saturated rings. The van der Waals surface area contributed by atoms with Crippen molar-refractivity contribution in [1.29, 1.82) is 5.26 Å². The summed E-state index contributed by atoms with van der Waals surface area (Å²) >= 11 is 1.08. The second kappa shape index (κ2) is 11.6. The first-order valence-corrected chi connectivity index (χ1v) is 13.4. The number of benzene rings is 4. The number of fused-ring (bicyclic) bond motifs is 1. The number of hydrogen-bond donors (Lipinski definition) is 2. The monoisotopic (exact) mass is 604 g/mol. The van der Waals surface area contributed by atoms with Crippen LogP contribution in [0.25, 0.3) is 22.0 Å². The molecule has 216 valence electrons. The molecule has 0 saturated heterocycles. The molecule has 0 aliphatic rings. The summed E-state index contributed by atoms with van der Waals surface area (Å²) in [6.45, 7) is 0.0602. The first-order valence-electron chi connectivity index (χ1n) is 12.6. The number of amides is 1. The predicted octanol–water partition coefficient (Wildman–Crippen LogP) is 7.05. The number of aromatic carboxylic acids is 1. The lowest BCUT2D eigenvalue weighted by Gasteiger charge is -2.11. The van der Waals surface area contributed by atoms with Gasteiger partial charge in [0.25, 0.3) is 5.91 Å². The standard InChI is InChI=1S/C31H20F4N4O3S/c1-39-26-14-21(20-10-18(15-36)11-23(32)12-20)13-25(28(40)37-16-17-2-4-19(5-3-17)30(41)42)27(26)29(38-39)43-24-8-6-22(7-9-24)31(33,34)35/h2-14H,16H2,1H3,(H,37,40)(H,41,42). The SMILES string of the molecule is Cn1nc(Sc2ccc(C(F)(F)F)cc2)c2c(C(=O)NCc3ccc(C(=O)O)cc3)cc(-c3cc(F)cc(C#N)c3)cc21. The highest BCUT2D eigenvalue weighted by Gasteiger charge is 2.30. The fourth-order valence-electron chi connectivity index (χ4n) is 4.45. The first-order chi connectivity index (χ1) is 20.4. The maximum absolute atomic E-state index is 14.3. The van der Waals surface area contributed by atoms with E-state index < -0.39 is 29.4 Å². The van der Waals surface area contributed by atoms with Crippen molar-refractivity contribution in [3.8, 4) is 17.2 Å². The summed E-state index contributed by atoms with van der Waals surface area (Å²) in [5.74, 6) is -2.23. The normalized spacial score (nSPS) is 11.3. The summed E-state index contributed by atoms with van der Waals surface area (Å²) < 4.78 is 55.0. The average molecular weight is 605 g/mol. The smallest absolute Gasteiger partial charge is 0.416 e. The lowest BCUT2D eigenvalue weighted by molar-refractivity contribution is -0.137. The number of nitrogens with one attached hydrogen (secondary N) is 1. The van der Waals surface area contributed by atoms with Gasteiger partial charge in [0.1, 0.15) is 10.8 Å². The number of rotatable bonds is 7. The van der Waals surface area contributed by atoms with E-state index in [2.05, 4.69) is 10.4 Å². The number of carbonyl (C=O) groups is 2. The van der Waals surface area contributed by atoms with Gasteiger partial charge in [-0.3, -0.25) is 9.48 Å². The molecule has 0 aliphatic heterocycles. The highest BCUT2D eigenvalue weighted by molar-refractivity contribution is 7.99. The van der Waals surface area contributed by atoms with Crippen LogP contribution in [0.1, 0.15) is 37.4 Å². The zero-order valence-electron chi connectivity index (χ0n) is 22.2. The van der Waals surface area contributed by atoms with Crippen molar-refractivity contribution in [1.82, 2.24) is 15.1 Å². The molecule has 1 amide bonds. The Morgan fingerprint density at radius 2 is 1.67 bits per heavy atom. The maximum atomic E-state index is 14.3. The number of nitriles is 1. The number of nitrogens with zero attached hydrogens (tertiary/aromatic N) is 3. The van der Waals surface area contributed by atoms with Crippen molar-refractivity contribution in [2.45, 2.75) is 22.6 Å². The van der Waals surface area contributed by atoms with Gasteiger partial charge in [-0.2, -0.15) is 23.5 Å². The molecule has 1 aromatic heterocycles. The van der Waals surface area contributed by atoms with Crippen molar-refractivity contribution in [3.63, 3.8) is 0 Å². The molecule has 2 N–H and O–H groups in total. The Morgan fingerprint density at radius 1 is 1.00 bits per heavy atom. The number of alkyl halides is 3. The molecule has 0 aliphatic carbocycles. The summed E-state index contributed by atoms with van der Waals surface area (Å²) in [5, 5.41) is 26.6. The second-order valence-corrected chi connectivity index (χ2v) is 10.6. The number of carboxylic acid groups (broad SMARTS) is 1. The quantitative estimate of drug-likeness (QED) is 0.193. The third-order valence-electron chi connectivity index (χ3n) is 6.58. The minimum atomic E-state index is -4.49. The van der Waals surface area contributed by atoms with Crippen molar-refractivity contribution < 1.29 is 32.3 Å². The van der Waals surface area contributed by atoms with E-state index in [9.17, 15) is 32.4 Å². The highest BCUT2D eigenvalue weighted by atomic mass is 32.2. The van der Waals surface area contributed by atoms with Crippen molar-refractivity contribution in [3.05, 3.63) is 112 Å². The number of carbonyl (C=O) groups excluding carboxylic acids is 1. The molecule has 0 bridgehead atoms. The molecule has 0 atom stereocenters. The molecule has 12 heteroatoms. The van der Waals surface area contributed by atoms with E-state index in [4.69, 9.17) is 5.11 Å². The van der Waals surface area contributed by atoms with Crippen LogP contribution in [0.2, 0.25) is 0 Å². The predicted molar refractivity (Wildman–Crippen MR) is 151 cm³/mol. The molecular weight excluding hydrogens is 584 g/mol. The van der Waals surface area contributed by atoms with Crippen molar-refractivity contribution >= 4 is 34.5 Å². The Labute approximate surface area is 246 Å². The molecule has 1 heterocycles. The van der Waals surface area contributed by atoms with Gasteiger partial charge in [-0.1, -0.05) is 23.9 Å². The van der Waals surface area contributed by atoms with Crippen LogP contribution in [0.15, 0.2) is 88.8 Å². The Bertz CT molecular complexity index is 1910. The molecule has 0 spiro atoms. The van der Waals surface area contributed by atoms with E-state index in [1.807, 2.05) is 6.07 Å². The first kappa shape index (κ1) is 29.3. The van der Waals surface area contributed by atoms with Gasteiger partial charge in [-0.25, -0.2) is 9.18 Å². The summed E-state index contributed by atoms with van der Waals surface area (Å²) in [5.41, 5.74) is 1.48. The molecule has 0 radical (unpaired) electrons. The fourth-order valence-corrected chi connectivity index (χ4v) is 5.43. The maximum Gasteiger partial charge on any atom is 0.416 e. The van der Waals surface area contributed by atoms with Crippen LogP contribution in [0.5, 0.6) is 0 Å². The van der Waals surface area contributed by atoms with Gasteiger partial charge in [0.2, 0.25) is 0 Å². The molecule has 4 aromatic carbocycles. The summed E-state index contributed by atoms with van der Waals surface area (Å²) in [6.07, 6.45) is -4.49. The van der Waals surface area contributed by atoms with E-state index >= 15 is 0 Å². The zero-order chi connectivity index (χ0) is 30.9. The number of halogens is 4. The van der Waals surface area contributed by atoms with E-state index in [0.717, 1.165) is 30.0 Å². The minimum absolute atomic E-state index is 0.0602. The van der Waals surface area contributed by atoms with E-state index in [0.29, 0.717) is 37.5 Å². The highest BCUT2D eigenvalue weighted by Crippen LogP contribution is 2.38. The lowest BCUT2D eigenvalue weighted by atomic mass is 9.98. The molecule has 43 heavy (non-hydrogen) atoms. The topological polar surface area (TPSA) is 108 Å². The van der Waals surface area contributed by atoms with Crippen LogP contribution in [0.4, 0.5) is 17.6 Å². The van der Waals surface area contributed by atoms with Crippen LogP contribution < -0.4 is 5.32 Å². The van der Waals surface area contributed by atoms with E-state index in [-0.39, 0.29) is 23.2 Å². The van der Waals surface area contributed by atoms with Gasteiger partial charge in [-0.05, 0) is 83.4 Å². The van der Waals surface area contributed by atoms with E-state index in [1.54, 1.807) is 31.3 Å². The van der Waals surface area contributed by atoms with Crippen LogP contribution in [0.3, 0.4) is 0 Å².